The molecule has 0 fully saturated rings. The molecular weight excluding hydrogens is 865 g/mol. The van der Waals surface area contributed by atoms with Crippen molar-refractivity contribution in [1.82, 2.24) is 14.1 Å². The third-order valence-corrected chi connectivity index (χ3v) is 13.4. The molecule has 0 aliphatic heterocycles. The Balaban J connectivity index is 1.15. The molecule has 0 spiro atoms. The molecule has 5 heteroatoms. The Morgan fingerprint density at radius 3 is 1.90 bits per heavy atom. The lowest BCUT2D eigenvalue weighted by atomic mass is 9.77. The van der Waals surface area contributed by atoms with Crippen LogP contribution in [0.15, 0.2) is 158 Å². The maximum atomic E-state index is 8.68. The summed E-state index contributed by atoms with van der Waals surface area (Å²) in [5, 5.41) is 1.72. The minimum absolute atomic E-state index is 0.0834. The van der Waals surface area contributed by atoms with Crippen LogP contribution in [-0.2, 0) is 21.7 Å². The van der Waals surface area contributed by atoms with Gasteiger partial charge in [-0.25, -0.2) is 4.98 Å². The average Bonchev–Trinajstić information content (AvgIpc) is 2.50. The van der Waals surface area contributed by atoms with Gasteiger partial charge in [-0.05, 0) is 128 Å². The van der Waals surface area contributed by atoms with Gasteiger partial charge in [-0.3, -0.25) is 13.7 Å². The molecule has 358 valence electrons. The molecule has 5 nitrogen and oxygen atoms in total. The highest BCUT2D eigenvalue weighted by Gasteiger charge is 2.30. The molecule has 3 heterocycles. The van der Waals surface area contributed by atoms with Gasteiger partial charge < -0.3 is 4.74 Å². The number of para-hydroxylation sites is 1. The van der Waals surface area contributed by atoms with Crippen LogP contribution in [0.3, 0.4) is 0 Å². The smallest absolute Gasteiger partial charge is 0.269 e. The standard InChI is InChI=1S/C66H68N4O/c1-42-31-55(65(9,10)11)62(56(32-42)66(12,13)14)69-41-68(60-36-45(27-30-58(60)69)46-34-47(63(3,4)5)37-48(35-46)64(6,7)8)49-23-20-24-50(38-49)71-51-28-29-53-52-25-18-19-26-57(52)70(59(53)39-51)61-33-43(2)54(40-67-61)44-21-16-15-17-22-44/h15-40H,1-14H3/i1D3,2D3,15D,16D,17D,21D,22D. The lowest BCUT2D eigenvalue weighted by Gasteiger charge is -2.31. The third-order valence-electron chi connectivity index (χ3n) is 13.4. The summed E-state index contributed by atoms with van der Waals surface area (Å²) in [6, 6.07) is 36.9. The minimum Gasteiger partial charge on any atom is -0.458 e. The molecule has 7 aromatic carbocycles. The van der Waals surface area contributed by atoms with Crippen molar-refractivity contribution >= 4 is 32.8 Å². The van der Waals surface area contributed by atoms with E-state index in [-0.39, 0.29) is 38.9 Å². The first kappa shape index (κ1) is 35.8. The number of aromatic nitrogens is 4. The number of ether oxygens (including phenoxy) is 1. The molecule has 0 radical (unpaired) electrons. The first-order chi connectivity index (χ1) is 38.0. The van der Waals surface area contributed by atoms with Crippen molar-refractivity contribution in [2.45, 2.75) is 118 Å². The van der Waals surface area contributed by atoms with Crippen LogP contribution in [0.1, 0.15) is 132 Å². The number of hydrogen-bond acceptors (Lipinski definition) is 2. The van der Waals surface area contributed by atoms with E-state index in [0.29, 0.717) is 17.0 Å². The summed E-state index contributed by atoms with van der Waals surface area (Å²) >= 11 is 0. The zero-order valence-electron chi connectivity index (χ0n) is 53.8. The van der Waals surface area contributed by atoms with Crippen molar-refractivity contribution < 1.29 is 24.4 Å². The van der Waals surface area contributed by atoms with Gasteiger partial charge >= 0.3 is 0 Å². The maximum Gasteiger partial charge on any atom is 0.269 e. The van der Waals surface area contributed by atoms with Crippen LogP contribution < -0.4 is 9.30 Å². The van der Waals surface area contributed by atoms with E-state index in [1.54, 1.807) is 0 Å². The summed E-state index contributed by atoms with van der Waals surface area (Å²) in [5.41, 5.74) is 9.63. The molecule has 0 atom stereocenters. The topological polar surface area (TPSA) is 35.9 Å². The Kier molecular flexibility index (Phi) is 8.70. The number of benzene rings is 7. The van der Waals surface area contributed by atoms with Crippen molar-refractivity contribution in [2.75, 3.05) is 0 Å². The number of imidazole rings is 1. The molecule has 0 saturated carbocycles. The Labute approximate surface area is 436 Å². The van der Waals surface area contributed by atoms with Gasteiger partial charge in [0.15, 0.2) is 0 Å². The third kappa shape index (κ3) is 8.97. The van der Waals surface area contributed by atoms with Crippen molar-refractivity contribution in [1.29, 1.82) is 0 Å². The van der Waals surface area contributed by atoms with E-state index < -0.39 is 54.7 Å². The molecule has 0 saturated heterocycles. The monoisotopic (exact) mass is 944 g/mol. The SMILES string of the molecule is [2H]c1c([2H])c([2H])c(-c2cnc(-n3c4ccccc4c4ccc(Oc5cccc(-n6[c-][n+](-c7c(C(C)(C)C)cc(C([2H])([2H])[2H])cc7C(C)(C)C)c7ccc(-c8cc(C(C)(C)C)cc(C(C)(C)C)c8)cc76)c5)cc43)cc2C([2H])([2H])[2H])c([2H])c1[2H]. The summed E-state index contributed by atoms with van der Waals surface area (Å²) in [7, 11) is 0. The first-order valence-electron chi connectivity index (χ1n) is 29.8. The largest absolute Gasteiger partial charge is 0.458 e. The summed E-state index contributed by atoms with van der Waals surface area (Å²) < 4.78 is 107. The minimum atomic E-state index is -2.77. The van der Waals surface area contributed by atoms with Gasteiger partial charge in [-0.2, -0.15) is 0 Å². The molecule has 10 rings (SSSR count). The molecule has 0 aliphatic rings. The zero-order chi connectivity index (χ0) is 59.7. The van der Waals surface area contributed by atoms with E-state index in [4.69, 9.17) is 24.8 Å². The van der Waals surface area contributed by atoms with Gasteiger partial charge in [-0.1, -0.05) is 186 Å². The fourth-order valence-corrected chi connectivity index (χ4v) is 9.56. The van der Waals surface area contributed by atoms with Crippen LogP contribution in [0.4, 0.5) is 0 Å². The second kappa shape index (κ2) is 17.3. The van der Waals surface area contributed by atoms with Crippen LogP contribution in [0, 0.1) is 20.0 Å². The summed E-state index contributed by atoms with van der Waals surface area (Å²) in [6.45, 7) is 21.0. The van der Waals surface area contributed by atoms with Crippen LogP contribution in [-0.4, -0.2) is 14.1 Å². The zero-order valence-corrected chi connectivity index (χ0v) is 42.8. The number of fused-ring (bicyclic) bond motifs is 4. The Morgan fingerprint density at radius 1 is 0.563 bits per heavy atom. The van der Waals surface area contributed by atoms with Gasteiger partial charge in [0.05, 0.1) is 40.3 Å². The summed E-state index contributed by atoms with van der Waals surface area (Å²) in [6.07, 6.45) is 5.07. The van der Waals surface area contributed by atoms with Crippen LogP contribution in [0.5, 0.6) is 11.5 Å². The molecule has 0 unspecified atom stereocenters. The Hall–Kier alpha value is -7.24. The van der Waals surface area contributed by atoms with Crippen molar-refractivity contribution in [3.8, 4) is 50.9 Å². The van der Waals surface area contributed by atoms with Crippen LogP contribution in [0.25, 0.3) is 72.3 Å². The first-order valence-corrected chi connectivity index (χ1v) is 24.3. The maximum absolute atomic E-state index is 8.68. The quantitative estimate of drug-likeness (QED) is 0.118. The van der Waals surface area contributed by atoms with E-state index in [9.17, 15) is 0 Å². The summed E-state index contributed by atoms with van der Waals surface area (Å²) in [4.78, 5) is 4.75. The molecule has 10 aromatic rings. The Bertz CT molecular complexity index is 4120. The molecule has 71 heavy (non-hydrogen) atoms. The van der Waals surface area contributed by atoms with Crippen molar-refractivity contribution in [3.05, 3.63) is 197 Å². The normalized spacial score (nSPS) is 15.2. The molecule has 0 amide bonds. The van der Waals surface area contributed by atoms with Gasteiger partial charge in [0, 0.05) is 36.8 Å². The number of pyridine rings is 1. The van der Waals surface area contributed by atoms with Crippen LogP contribution >= 0.6 is 0 Å². The van der Waals surface area contributed by atoms with E-state index in [1.807, 2.05) is 88.0 Å². The second-order valence-electron chi connectivity index (χ2n) is 22.9. The lowest BCUT2D eigenvalue weighted by Crippen LogP contribution is -2.37. The van der Waals surface area contributed by atoms with E-state index >= 15 is 0 Å². The number of rotatable bonds is 7. The Morgan fingerprint density at radius 2 is 1.24 bits per heavy atom. The molecular formula is C66H68N4O. The fraction of sp³-hybridized carbons (Fsp3) is 0.273. The van der Waals surface area contributed by atoms with Crippen LogP contribution in [0.2, 0.25) is 0 Å². The van der Waals surface area contributed by atoms with Gasteiger partial charge in [0.25, 0.3) is 6.33 Å². The number of aryl methyl sites for hydroxylation is 2. The molecule has 0 aliphatic carbocycles. The van der Waals surface area contributed by atoms with E-state index in [2.05, 4.69) is 130 Å². The van der Waals surface area contributed by atoms with E-state index in [1.165, 1.54) is 23.4 Å². The van der Waals surface area contributed by atoms with Gasteiger partial charge in [0.2, 0.25) is 0 Å². The fourth-order valence-electron chi connectivity index (χ4n) is 9.56. The number of hydrogen-bond donors (Lipinski definition) is 0. The highest BCUT2D eigenvalue weighted by molar-refractivity contribution is 6.09. The molecule has 0 bridgehead atoms. The lowest BCUT2D eigenvalue weighted by molar-refractivity contribution is -0.574. The highest BCUT2D eigenvalue weighted by Crippen LogP contribution is 2.40. The van der Waals surface area contributed by atoms with Crippen molar-refractivity contribution in [3.63, 3.8) is 0 Å². The summed E-state index contributed by atoms with van der Waals surface area (Å²) in [5.74, 6) is 1.24. The molecule has 0 N–H and O–H groups in total. The predicted molar refractivity (Wildman–Crippen MR) is 297 cm³/mol. The predicted octanol–water partition coefficient (Wildman–Crippen LogP) is 17.1. The highest BCUT2D eigenvalue weighted by atomic mass is 16.5. The van der Waals surface area contributed by atoms with E-state index in [0.717, 1.165) is 61.0 Å². The average molecular weight is 944 g/mol. The second-order valence-corrected chi connectivity index (χ2v) is 22.9. The van der Waals surface area contributed by atoms with Crippen molar-refractivity contribution in [2.24, 2.45) is 0 Å². The number of nitrogens with zero attached hydrogens (tertiary/aromatic N) is 4. The van der Waals surface area contributed by atoms with Gasteiger partial charge in [0.1, 0.15) is 17.3 Å². The van der Waals surface area contributed by atoms with Gasteiger partial charge in [-0.15, -0.1) is 0 Å². The molecule has 3 aromatic heterocycles.